The number of hydrogen-bond acceptors (Lipinski definition) is 2. The van der Waals surface area contributed by atoms with Gasteiger partial charge >= 0.3 is 0 Å². The molecule has 0 atom stereocenters. The Kier molecular flexibility index (Phi) is 3.33. The van der Waals surface area contributed by atoms with Gasteiger partial charge in [0.1, 0.15) is 0 Å². The fraction of sp³-hybridized carbons (Fsp3) is 0.769. The monoisotopic (exact) mass is 221 g/mol. The Morgan fingerprint density at radius 1 is 1.44 bits per heavy atom. The first-order valence-corrected chi connectivity index (χ1v) is 6.49. The SMILES string of the molecule is CCC1CCC(N)(c2cnn(CC)c2)CC1. The smallest absolute Gasteiger partial charge is 0.0540 e. The Bertz CT molecular complexity index is 335. The van der Waals surface area contributed by atoms with E-state index in [-0.39, 0.29) is 5.54 Å². The normalized spacial score (nSPS) is 30.6. The van der Waals surface area contributed by atoms with Crippen molar-refractivity contribution >= 4 is 0 Å². The molecule has 3 heteroatoms. The second-order valence-corrected chi connectivity index (χ2v) is 5.09. The van der Waals surface area contributed by atoms with Gasteiger partial charge in [-0.25, -0.2) is 0 Å². The van der Waals surface area contributed by atoms with Crippen molar-refractivity contribution in [2.24, 2.45) is 11.7 Å². The van der Waals surface area contributed by atoms with Gasteiger partial charge in [-0.3, -0.25) is 4.68 Å². The molecule has 16 heavy (non-hydrogen) atoms. The maximum absolute atomic E-state index is 6.51. The first-order valence-electron chi connectivity index (χ1n) is 6.49. The van der Waals surface area contributed by atoms with Gasteiger partial charge in [0.15, 0.2) is 0 Å². The third-order valence-corrected chi connectivity index (χ3v) is 4.11. The van der Waals surface area contributed by atoms with E-state index in [1.165, 1.54) is 24.8 Å². The van der Waals surface area contributed by atoms with Crippen LogP contribution in [0.15, 0.2) is 12.4 Å². The highest BCUT2D eigenvalue weighted by Crippen LogP contribution is 2.38. The summed E-state index contributed by atoms with van der Waals surface area (Å²) in [5.74, 6) is 0.887. The summed E-state index contributed by atoms with van der Waals surface area (Å²) in [6.45, 7) is 5.31. The molecule has 3 nitrogen and oxygen atoms in total. The third kappa shape index (κ3) is 2.14. The zero-order chi connectivity index (χ0) is 11.6. The quantitative estimate of drug-likeness (QED) is 0.852. The van der Waals surface area contributed by atoms with Crippen molar-refractivity contribution in [3.05, 3.63) is 18.0 Å². The van der Waals surface area contributed by atoms with E-state index < -0.39 is 0 Å². The Hall–Kier alpha value is -0.830. The second kappa shape index (κ2) is 4.58. The largest absolute Gasteiger partial charge is 0.321 e. The summed E-state index contributed by atoms with van der Waals surface area (Å²) < 4.78 is 1.97. The van der Waals surface area contributed by atoms with Crippen LogP contribution in [0.1, 0.15) is 51.5 Å². The first-order chi connectivity index (χ1) is 7.68. The zero-order valence-corrected chi connectivity index (χ0v) is 10.4. The van der Waals surface area contributed by atoms with Crippen LogP contribution in [-0.4, -0.2) is 9.78 Å². The summed E-state index contributed by atoms with van der Waals surface area (Å²) in [5, 5.41) is 4.33. The average Bonchev–Trinajstić information content (AvgIpc) is 2.79. The second-order valence-electron chi connectivity index (χ2n) is 5.09. The molecule has 90 valence electrons. The van der Waals surface area contributed by atoms with Crippen LogP contribution in [0.5, 0.6) is 0 Å². The lowest BCUT2D eigenvalue weighted by atomic mass is 9.73. The minimum atomic E-state index is -0.112. The van der Waals surface area contributed by atoms with Gasteiger partial charge in [0.25, 0.3) is 0 Å². The van der Waals surface area contributed by atoms with E-state index in [0.29, 0.717) is 0 Å². The van der Waals surface area contributed by atoms with Crippen LogP contribution in [0.3, 0.4) is 0 Å². The van der Waals surface area contributed by atoms with Crippen molar-refractivity contribution in [1.82, 2.24) is 9.78 Å². The molecule has 1 aliphatic carbocycles. The third-order valence-electron chi connectivity index (χ3n) is 4.11. The molecular weight excluding hydrogens is 198 g/mol. The van der Waals surface area contributed by atoms with Gasteiger partial charge in [-0.05, 0) is 38.5 Å². The molecule has 0 aliphatic heterocycles. The molecule has 1 fully saturated rings. The van der Waals surface area contributed by atoms with Crippen molar-refractivity contribution < 1.29 is 0 Å². The molecular formula is C13H23N3. The van der Waals surface area contributed by atoms with Crippen molar-refractivity contribution in [2.45, 2.75) is 58.0 Å². The number of nitrogens with two attached hydrogens (primary N) is 1. The molecule has 0 radical (unpaired) electrons. The van der Waals surface area contributed by atoms with Gasteiger partial charge in [-0.1, -0.05) is 13.3 Å². The van der Waals surface area contributed by atoms with Crippen molar-refractivity contribution in [1.29, 1.82) is 0 Å². The Morgan fingerprint density at radius 3 is 2.62 bits per heavy atom. The molecule has 1 saturated carbocycles. The first kappa shape index (κ1) is 11.6. The lowest BCUT2D eigenvalue weighted by molar-refractivity contribution is 0.231. The minimum absolute atomic E-state index is 0.112. The van der Waals surface area contributed by atoms with Gasteiger partial charge < -0.3 is 5.73 Å². The predicted octanol–water partition coefficient (Wildman–Crippen LogP) is 2.66. The summed E-state index contributed by atoms with van der Waals surface area (Å²) in [6, 6.07) is 0. The van der Waals surface area contributed by atoms with E-state index in [1.54, 1.807) is 0 Å². The molecule has 0 unspecified atom stereocenters. The van der Waals surface area contributed by atoms with Gasteiger partial charge in [0.05, 0.1) is 6.20 Å². The number of rotatable bonds is 3. The molecule has 0 saturated heterocycles. The molecule has 1 aliphatic rings. The van der Waals surface area contributed by atoms with Crippen LogP contribution in [0.2, 0.25) is 0 Å². The Morgan fingerprint density at radius 2 is 2.12 bits per heavy atom. The number of aryl methyl sites for hydroxylation is 1. The predicted molar refractivity (Wildman–Crippen MR) is 66.0 cm³/mol. The summed E-state index contributed by atoms with van der Waals surface area (Å²) in [5.41, 5.74) is 7.63. The van der Waals surface area contributed by atoms with Crippen LogP contribution >= 0.6 is 0 Å². The minimum Gasteiger partial charge on any atom is -0.321 e. The lowest BCUT2D eigenvalue weighted by Crippen LogP contribution is -2.40. The molecule has 0 spiro atoms. The van der Waals surface area contributed by atoms with Gasteiger partial charge in [-0.15, -0.1) is 0 Å². The highest BCUT2D eigenvalue weighted by atomic mass is 15.3. The highest BCUT2D eigenvalue weighted by Gasteiger charge is 2.33. The Balaban J connectivity index is 2.08. The summed E-state index contributed by atoms with van der Waals surface area (Å²) >= 11 is 0. The maximum Gasteiger partial charge on any atom is 0.0540 e. The van der Waals surface area contributed by atoms with Crippen LogP contribution < -0.4 is 5.73 Å². The van der Waals surface area contributed by atoms with Gasteiger partial charge in [0, 0.05) is 23.8 Å². The van der Waals surface area contributed by atoms with Crippen LogP contribution in [0.4, 0.5) is 0 Å². The maximum atomic E-state index is 6.51. The highest BCUT2D eigenvalue weighted by molar-refractivity contribution is 5.18. The van der Waals surface area contributed by atoms with Crippen molar-refractivity contribution in [3.8, 4) is 0 Å². The fourth-order valence-corrected chi connectivity index (χ4v) is 2.68. The van der Waals surface area contributed by atoms with Crippen molar-refractivity contribution in [2.75, 3.05) is 0 Å². The average molecular weight is 221 g/mol. The van der Waals surface area contributed by atoms with E-state index >= 15 is 0 Å². The standard InChI is InChI=1S/C13H23N3/c1-3-11-5-7-13(14,8-6-11)12-9-15-16(4-2)10-12/h9-11H,3-8,14H2,1-2H3. The van der Waals surface area contributed by atoms with Gasteiger partial charge in [0.2, 0.25) is 0 Å². The molecule has 1 aromatic rings. The van der Waals surface area contributed by atoms with Crippen molar-refractivity contribution in [3.63, 3.8) is 0 Å². The summed E-state index contributed by atoms with van der Waals surface area (Å²) in [4.78, 5) is 0. The number of hydrogen-bond donors (Lipinski definition) is 1. The molecule has 2 N–H and O–H groups in total. The summed E-state index contributed by atoms with van der Waals surface area (Å²) in [6.07, 6.45) is 10.1. The molecule has 0 amide bonds. The van der Waals surface area contributed by atoms with E-state index in [4.69, 9.17) is 5.73 Å². The van der Waals surface area contributed by atoms with E-state index in [2.05, 4.69) is 25.1 Å². The van der Waals surface area contributed by atoms with Crippen LogP contribution in [0, 0.1) is 5.92 Å². The Labute approximate surface area is 98.0 Å². The number of aromatic nitrogens is 2. The number of nitrogens with zero attached hydrogens (tertiary/aromatic N) is 2. The molecule has 1 aromatic heterocycles. The molecule has 0 bridgehead atoms. The molecule has 0 aromatic carbocycles. The van der Waals surface area contributed by atoms with E-state index in [0.717, 1.165) is 25.3 Å². The molecule has 1 heterocycles. The zero-order valence-electron chi connectivity index (χ0n) is 10.4. The van der Waals surface area contributed by atoms with E-state index in [9.17, 15) is 0 Å². The van der Waals surface area contributed by atoms with Crippen LogP contribution in [-0.2, 0) is 12.1 Å². The van der Waals surface area contributed by atoms with Gasteiger partial charge in [-0.2, -0.15) is 5.10 Å². The molecule has 2 rings (SSSR count). The summed E-state index contributed by atoms with van der Waals surface area (Å²) in [7, 11) is 0. The van der Waals surface area contributed by atoms with Crippen LogP contribution in [0.25, 0.3) is 0 Å². The van der Waals surface area contributed by atoms with E-state index in [1.807, 2.05) is 10.9 Å². The fourth-order valence-electron chi connectivity index (χ4n) is 2.68. The topological polar surface area (TPSA) is 43.8 Å². The lowest BCUT2D eigenvalue weighted by Gasteiger charge is -2.36.